The molecule has 2 aromatic rings. The second kappa shape index (κ2) is 6.56. The fraction of sp³-hybridized carbons (Fsp3) is 0.111. The molecule has 0 atom stereocenters. The van der Waals surface area contributed by atoms with Crippen molar-refractivity contribution in [1.82, 2.24) is 5.32 Å². The molecule has 0 unspecified atom stereocenters. The molecule has 0 bridgehead atoms. The zero-order chi connectivity index (χ0) is 16.4. The Morgan fingerprint density at radius 3 is 2.48 bits per heavy atom. The van der Waals surface area contributed by atoms with E-state index < -0.39 is 0 Å². The molecule has 1 amide bonds. The molecule has 1 aliphatic rings. The number of carbonyl (C=O) groups is 1. The summed E-state index contributed by atoms with van der Waals surface area (Å²) in [6.07, 6.45) is 1.85. The van der Waals surface area contributed by atoms with Crippen molar-refractivity contribution in [3.05, 3.63) is 58.5 Å². The van der Waals surface area contributed by atoms with E-state index in [1.54, 1.807) is 7.11 Å². The van der Waals surface area contributed by atoms with Gasteiger partial charge in [-0.1, -0.05) is 54.3 Å². The van der Waals surface area contributed by atoms with Crippen molar-refractivity contribution in [2.45, 2.75) is 6.92 Å². The molecule has 0 spiro atoms. The third-order valence-electron chi connectivity index (χ3n) is 3.60. The van der Waals surface area contributed by atoms with Crippen molar-refractivity contribution in [3.8, 4) is 16.9 Å². The second-order valence-corrected chi connectivity index (χ2v) is 6.87. The SMILES string of the molecule is COc1ccc(-c2ccc(/C=C3\SC(=S)NC3=O)cc2)c(C)c1. The van der Waals surface area contributed by atoms with Crippen LogP contribution in [0.1, 0.15) is 11.1 Å². The van der Waals surface area contributed by atoms with Gasteiger partial charge in [-0.05, 0) is 47.4 Å². The molecule has 1 aliphatic heterocycles. The summed E-state index contributed by atoms with van der Waals surface area (Å²) < 4.78 is 5.75. The Bertz CT molecular complexity index is 810. The first-order valence-corrected chi connectivity index (χ1v) is 8.29. The van der Waals surface area contributed by atoms with Gasteiger partial charge in [0.25, 0.3) is 5.91 Å². The van der Waals surface area contributed by atoms with Crippen LogP contribution in [-0.2, 0) is 4.79 Å². The number of aryl methyl sites for hydroxylation is 1. The Morgan fingerprint density at radius 2 is 1.91 bits per heavy atom. The van der Waals surface area contributed by atoms with Crippen molar-refractivity contribution >= 4 is 40.3 Å². The van der Waals surface area contributed by atoms with Gasteiger partial charge < -0.3 is 10.1 Å². The lowest BCUT2D eigenvalue weighted by atomic mass is 9.99. The average Bonchev–Trinajstić information content (AvgIpc) is 2.85. The Hall–Kier alpha value is -2.11. The lowest BCUT2D eigenvalue weighted by molar-refractivity contribution is -0.115. The van der Waals surface area contributed by atoms with Crippen molar-refractivity contribution in [2.24, 2.45) is 0 Å². The van der Waals surface area contributed by atoms with Gasteiger partial charge in [0, 0.05) is 0 Å². The number of ether oxygens (including phenoxy) is 1. The molecule has 1 N–H and O–H groups in total. The van der Waals surface area contributed by atoms with E-state index in [-0.39, 0.29) is 5.91 Å². The van der Waals surface area contributed by atoms with Gasteiger partial charge in [0.2, 0.25) is 0 Å². The molecule has 0 saturated carbocycles. The Labute approximate surface area is 144 Å². The predicted molar refractivity (Wildman–Crippen MR) is 99.5 cm³/mol. The van der Waals surface area contributed by atoms with Crippen LogP contribution in [0.2, 0.25) is 0 Å². The van der Waals surface area contributed by atoms with Crippen molar-refractivity contribution in [2.75, 3.05) is 7.11 Å². The summed E-state index contributed by atoms with van der Waals surface area (Å²) in [5.41, 5.74) is 4.43. The highest BCUT2D eigenvalue weighted by molar-refractivity contribution is 8.26. The molecule has 1 fully saturated rings. The third-order valence-corrected chi connectivity index (χ3v) is 4.76. The Morgan fingerprint density at radius 1 is 1.17 bits per heavy atom. The minimum Gasteiger partial charge on any atom is -0.497 e. The monoisotopic (exact) mass is 341 g/mol. The maximum Gasteiger partial charge on any atom is 0.263 e. The molecule has 0 aliphatic carbocycles. The van der Waals surface area contributed by atoms with E-state index in [1.807, 2.05) is 30.3 Å². The Kier molecular flexibility index (Phi) is 4.50. The number of amides is 1. The van der Waals surface area contributed by atoms with Crippen LogP contribution in [-0.4, -0.2) is 17.3 Å². The molecular weight excluding hydrogens is 326 g/mol. The zero-order valence-corrected chi connectivity index (χ0v) is 14.4. The van der Waals surface area contributed by atoms with Crippen molar-refractivity contribution in [1.29, 1.82) is 0 Å². The number of rotatable bonds is 3. The molecule has 3 rings (SSSR count). The molecular formula is C18H15NO2S2. The van der Waals surface area contributed by atoms with Gasteiger partial charge in [-0.25, -0.2) is 0 Å². The highest BCUT2D eigenvalue weighted by Crippen LogP contribution is 2.29. The summed E-state index contributed by atoms with van der Waals surface area (Å²) in [7, 11) is 1.67. The summed E-state index contributed by atoms with van der Waals surface area (Å²) in [5, 5.41) is 2.62. The van der Waals surface area contributed by atoms with Crippen LogP contribution in [0.3, 0.4) is 0 Å². The molecule has 3 nitrogen and oxygen atoms in total. The van der Waals surface area contributed by atoms with Gasteiger partial charge in [0.05, 0.1) is 12.0 Å². The first-order chi connectivity index (χ1) is 11.1. The van der Waals surface area contributed by atoms with Crippen LogP contribution in [0.25, 0.3) is 17.2 Å². The number of nitrogens with one attached hydrogen (secondary N) is 1. The fourth-order valence-corrected chi connectivity index (χ4v) is 3.46. The fourth-order valence-electron chi connectivity index (χ4n) is 2.42. The van der Waals surface area contributed by atoms with Crippen LogP contribution in [0.4, 0.5) is 0 Å². The minimum absolute atomic E-state index is 0.130. The second-order valence-electron chi connectivity index (χ2n) is 5.16. The first-order valence-electron chi connectivity index (χ1n) is 7.07. The van der Waals surface area contributed by atoms with E-state index >= 15 is 0 Å². The van der Waals surface area contributed by atoms with Gasteiger partial charge in [0.15, 0.2) is 0 Å². The van der Waals surface area contributed by atoms with Crippen LogP contribution in [0.5, 0.6) is 5.75 Å². The van der Waals surface area contributed by atoms with Crippen LogP contribution >= 0.6 is 24.0 Å². The molecule has 2 aromatic carbocycles. The standard InChI is InChI=1S/C18H15NO2S2/c1-11-9-14(21-2)7-8-15(11)13-5-3-12(4-6-13)10-16-17(20)19-18(22)23-16/h3-10H,1-2H3,(H,19,20,22)/b16-10-. The number of hydrogen-bond donors (Lipinski definition) is 1. The molecule has 116 valence electrons. The highest BCUT2D eigenvalue weighted by Gasteiger charge is 2.21. The van der Waals surface area contributed by atoms with E-state index in [0.29, 0.717) is 9.23 Å². The number of benzene rings is 2. The highest BCUT2D eigenvalue weighted by atomic mass is 32.2. The first kappa shape index (κ1) is 15.8. The van der Waals surface area contributed by atoms with Gasteiger partial charge in [-0.3, -0.25) is 4.79 Å². The van der Waals surface area contributed by atoms with Crippen molar-refractivity contribution < 1.29 is 9.53 Å². The third kappa shape index (κ3) is 3.46. The van der Waals surface area contributed by atoms with Crippen LogP contribution in [0.15, 0.2) is 47.4 Å². The summed E-state index contributed by atoms with van der Waals surface area (Å²) in [5.74, 6) is 0.725. The smallest absolute Gasteiger partial charge is 0.263 e. The zero-order valence-electron chi connectivity index (χ0n) is 12.8. The Balaban J connectivity index is 1.87. The number of thioether (sulfide) groups is 1. The summed E-state index contributed by atoms with van der Waals surface area (Å²) in [6.45, 7) is 2.06. The largest absolute Gasteiger partial charge is 0.497 e. The number of hydrogen-bond acceptors (Lipinski definition) is 4. The molecule has 5 heteroatoms. The van der Waals surface area contributed by atoms with Gasteiger partial charge in [0.1, 0.15) is 10.1 Å². The van der Waals surface area contributed by atoms with Crippen LogP contribution in [0, 0.1) is 6.92 Å². The quantitative estimate of drug-likeness (QED) is 0.672. The molecule has 1 saturated heterocycles. The van der Waals surface area contributed by atoms with Crippen LogP contribution < -0.4 is 10.1 Å². The molecule has 0 aromatic heterocycles. The molecule has 23 heavy (non-hydrogen) atoms. The van der Waals surface area contributed by atoms with Gasteiger partial charge in [-0.15, -0.1) is 0 Å². The number of carbonyl (C=O) groups excluding carboxylic acids is 1. The molecule has 0 radical (unpaired) electrons. The van der Waals surface area contributed by atoms with E-state index in [4.69, 9.17) is 17.0 Å². The topological polar surface area (TPSA) is 38.3 Å². The van der Waals surface area contributed by atoms with E-state index in [0.717, 1.165) is 22.4 Å². The van der Waals surface area contributed by atoms with Gasteiger partial charge in [-0.2, -0.15) is 0 Å². The van der Waals surface area contributed by atoms with E-state index in [2.05, 4.69) is 30.4 Å². The maximum absolute atomic E-state index is 11.7. The minimum atomic E-state index is -0.130. The lowest BCUT2D eigenvalue weighted by Gasteiger charge is -2.08. The van der Waals surface area contributed by atoms with E-state index in [1.165, 1.54) is 17.3 Å². The predicted octanol–water partition coefficient (Wildman–Crippen LogP) is 4.16. The number of methoxy groups -OCH3 is 1. The van der Waals surface area contributed by atoms with Crippen molar-refractivity contribution in [3.63, 3.8) is 0 Å². The summed E-state index contributed by atoms with van der Waals surface area (Å²) in [6, 6.07) is 14.1. The van der Waals surface area contributed by atoms with Gasteiger partial charge >= 0.3 is 0 Å². The maximum atomic E-state index is 11.7. The lowest BCUT2D eigenvalue weighted by Crippen LogP contribution is -2.17. The average molecular weight is 341 g/mol. The van der Waals surface area contributed by atoms with E-state index in [9.17, 15) is 4.79 Å². The summed E-state index contributed by atoms with van der Waals surface area (Å²) in [4.78, 5) is 12.3. The normalized spacial score (nSPS) is 15.8. The molecule has 1 heterocycles. The number of thiocarbonyl (C=S) groups is 1. The summed E-state index contributed by atoms with van der Waals surface area (Å²) >= 11 is 6.28.